The fourth-order valence-electron chi connectivity index (χ4n) is 1.74. The standard InChI is InChI=1S/C6H11N/c1-4-2-5-3-7-6(4)5/h4-7H,2-3H2,1H3. The van der Waals surface area contributed by atoms with Crippen LogP contribution < -0.4 is 5.32 Å². The Kier molecular flexibility index (Phi) is 0.571. The maximum Gasteiger partial charge on any atom is 0.0133 e. The molecule has 1 nitrogen and oxygen atoms in total. The van der Waals surface area contributed by atoms with Crippen LogP contribution in [0, 0.1) is 11.8 Å². The van der Waals surface area contributed by atoms with E-state index in [9.17, 15) is 0 Å². The van der Waals surface area contributed by atoms with Crippen LogP contribution in [0.4, 0.5) is 0 Å². The second kappa shape index (κ2) is 1.03. The predicted octanol–water partition coefficient (Wildman–Crippen LogP) is 0.614. The Morgan fingerprint density at radius 3 is 2.43 bits per heavy atom. The molecule has 0 radical (unpaired) electrons. The van der Waals surface area contributed by atoms with Gasteiger partial charge in [0, 0.05) is 6.04 Å². The lowest BCUT2D eigenvalue weighted by Gasteiger charge is -2.52. The predicted molar refractivity (Wildman–Crippen MR) is 29.1 cm³/mol. The molecule has 1 heteroatoms. The van der Waals surface area contributed by atoms with Gasteiger partial charge in [0.25, 0.3) is 0 Å². The van der Waals surface area contributed by atoms with Crippen molar-refractivity contribution in [2.75, 3.05) is 6.54 Å². The Balaban J connectivity index is 1.99. The first-order valence-electron chi connectivity index (χ1n) is 3.11. The summed E-state index contributed by atoms with van der Waals surface area (Å²) >= 11 is 0. The average molecular weight is 97.2 g/mol. The van der Waals surface area contributed by atoms with E-state index in [4.69, 9.17) is 0 Å². The van der Waals surface area contributed by atoms with Gasteiger partial charge in [-0.2, -0.15) is 0 Å². The molecule has 1 saturated heterocycles. The van der Waals surface area contributed by atoms with Crippen LogP contribution in [0.15, 0.2) is 0 Å². The first kappa shape index (κ1) is 3.90. The Labute approximate surface area is 44.1 Å². The third-order valence-corrected chi connectivity index (χ3v) is 2.41. The van der Waals surface area contributed by atoms with Crippen LogP contribution in [-0.2, 0) is 0 Å². The smallest absolute Gasteiger partial charge is 0.0133 e. The van der Waals surface area contributed by atoms with E-state index in [2.05, 4.69) is 12.2 Å². The molecule has 1 saturated carbocycles. The molecule has 1 heterocycles. The van der Waals surface area contributed by atoms with Gasteiger partial charge in [0.15, 0.2) is 0 Å². The van der Waals surface area contributed by atoms with Crippen molar-refractivity contribution >= 4 is 0 Å². The van der Waals surface area contributed by atoms with Gasteiger partial charge in [0.2, 0.25) is 0 Å². The highest BCUT2D eigenvalue weighted by Crippen LogP contribution is 2.38. The molecule has 0 spiro atoms. The molecule has 0 amide bonds. The van der Waals surface area contributed by atoms with E-state index in [1.54, 1.807) is 0 Å². The number of piperidine rings is 1. The highest BCUT2D eigenvalue weighted by Gasteiger charge is 2.43. The maximum atomic E-state index is 3.39. The molecule has 0 aromatic heterocycles. The quantitative estimate of drug-likeness (QED) is 0.467. The third-order valence-electron chi connectivity index (χ3n) is 2.41. The van der Waals surface area contributed by atoms with Crippen LogP contribution >= 0.6 is 0 Å². The number of rotatable bonds is 0. The summed E-state index contributed by atoms with van der Waals surface area (Å²) in [6.07, 6.45) is 1.48. The second-order valence-electron chi connectivity index (χ2n) is 2.91. The Morgan fingerprint density at radius 2 is 2.43 bits per heavy atom. The molecule has 3 unspecified atom stereocenters. The Bertz CT molecular complexity index is 86.2. The van der Waals surface area contributed by atoms with Gasteiger partial charge in [-0.1, -0.05) is 6.92 Å². The molecule has 1 aliphatic carbocycles. The second-order valence-corrected chi connectivity index (χ2v) is 2.91. The molecule has 2 rings (SSSR count). The zero-order chi connectivity index (χ0) is 4.85. The van der Waals surface area contributed by atoms with Crippen molar-refractivity contribution in [2.45, 2.75) is 19.4 Å². The summed E-state index contributed by atoms with van der Waals surface area (Å²) < 4.78 is 0. The topological polar surface area (TPSA) is 12.0 Å². The molecule has 7 heavy (non-hydrogen) atoms. The normalized spacial score (nSPS) is 57.0. The van der Waals surface area contributed by atoms with Crippen molar-refractivity contribution in [3.8, 4) is 0 Å². The average Bonchev–Trinajstić information content (AvgIpc) is 1.59. The molecule has 0 aromatic carbocycles. The maximum absolute atomic E-state index is 3.39. The van der Waals surface area contributed by atoms with Crippen LogP contribution in [0.5, 0.6) is 0 Å². The van der Waals surface area contributed by atoms with E-state index in [-0.39, 0.29) is 0 Å². The van der Waals surface area contributed by atoms with Crippen molar-refractivity contribution in [1.82, 2.24) is 5.32 Å². The van der Waals surface area contributed by atoms with E-state index < -0.39 is 0 Å². The van der Waals surface area contributed by atoms with Gasteiger partial charge < -0.3 is 5.32 Å². The third kappa shape index (κ3) is 0.325. The van der Waals surface area contributed by atoms with E-state index in [1.807, 2.05) is 0 Å². The number of fused-ring (bicyclic) bond motifs is 1. The molecule has 2 aliphatic rings. The summed E-state index contributed by atoms with van der Waals surface area (Å²) in [7, 11) is 0. The fourth-order valence-corrected chi connectivity index (χ4v) is 1.74. The van der Waals surface area contributed by atoms with Crippen molar-refractivity contribution in [2.24, 2.45) is 11.8 Å². The summed E-state index contributed by atoms with van der Waals surface area (Å²) in [5, 5.41) is 3.39. The monoisotopic (exact) mass is 97.1 g/mol. The molecule has 40 valence electrons. The van der Waals surface area contributed by atoms with Crippen molar-refractivity contribution < 1.29 is 0 Å². The molecule has 1 N–H and O–H groups in total. The summed E-state index contributed by atoms with van der Waals surface area (Å²) in [5.74, 6) is 2.06. The van der Waals surface area contributed by atoms with Crippen molar-refractivity contribution in [3.63, 3.8) is 0 Å². The van der Waals surface area contributed by atoms with E-state index >= 15 is 0 Å². The van der Waals surface area contributed by atoms with Gasteiger partial charge in [-0.25, -0.2) is 0 Å². The minimum Gasteiger partial charge on any atom is -0.313 e. The zero-order valence-corrected chi connectivity index (χ0v) is 4.65. The molecule has 3 atom stereocenters. The molecular weight excluding hydrogens is 86.1 g/mol. The van der Waals surface area contributed by atoms with Gasteiger partial charge in [0.05, 0.1) is 0 Å². The minimum atomic E-state index is 0.931. The highest BCUT2D eigenvalue weighted by molar-refractivity contribution is 5.01. The minimum absolute atomic E-state index is 0.931. The molecular formula is C6H11N. The molecule has 0 aromatic rings. The molecule has 2 fully saturated rings. The lowest BCUT2D eigenvalue weighted by Crippen LogP contribution is -2.64. The molecule has 0 bridgehead atoms. The van der Waals surface area contributed by atoms with Crippen LogP contribution in [0.2, 0.25) is 0 Å². The number of nitrogens with one attached hydrogen (secondary N) is 1. The van der Waals surface area contributed by atoms with Gasteiger partial charge in [-0.15, -0.1) is 0 Å². The lowest BCUT2D eigenvalue weighted by molar-refractivity contribution is 0.0408. The fraction of sp³-hybridized carbons (Fsp3) is 1.00. The van der Waals surface area contributed by atoms with E-state index in [1.165, 1.54) is 13.0 Å². The zero-order valence-electron chi connectivity index (χ0n) is 4.65. The van der Waals surface area contributed by atoms with Crippen molar-refractivity contribution in [1.29, 1.82) is 0 Å². The van der Waals surface area contributed by atoms with Crippen LogP contribution in [0.3, 0.4) is 0 Å². The lowest BCUT2D eigenvalue weighted by atomic mass is 9.66. The van der Waals surface area contributed by atoms with Gasteiger partial charge in [-0.3, -0.25) is 0 Å². The number of hydrogen-bond donors (Lipinski definition) is 1. The van der Waals surface area contributed by atoms with E-state index in [0.29, 0.717) is 0 Å². The SMILES string of the molecule is CC1CC2CNC12. The van der Waals surface area contributed by atoms with Crippen LogP contribution in [-0.4, -0.2) is 12.6 Å². The number of hydrogen-bond acceptors (Lipinski definition) is 1. The summed E-state index contributed by atoms with van der Waals surface area (Å²) in [6, 6.07) is 0.931. The van der Waals surface area contributed by atoms with Gasteiger partial charge >= 0.3 is 0 Å². The summed E-state index contributed by atoms with van der Waals surface area (Å²) in [5.41, 5.74) is 0. The summed E-state index contributed by atoms with van der Waals surface area (Å²) in [6.45, 7) is 3.63. The van der Waals surface area contributed by atoms with E-state index in [0.717, 1.165) is 17.9 Å². The van der Waals surface area contributed by atoms with Gasteiger partial charge in [0.1, 0.15) is 0 Å². The highest BCUT2D eigenvalue weighted by atomic mass is 15.0. The van der Waals surface area contributed by atoms with Gasteiger partial charge in [-0.05, 0) is 24.8 Å². The Hall–Kier alpha value is -0.0400. The molecule has 1 aliphatic heterocycles. The Morgan fingerprint density at radius 1 is 1.57 bits per heavy atom. The van der Waals surface area contributed by atoms with Crippen molar-refractivity contribution in [3.05, 3.63) is 0 Å². The first-order chi connectivity index (χ1) is 3.38. The largest absolute Gasteiger partial charge is 0.313 e. The first-order valence-corrected chi connectivity index (χ1v) is 3.11. The summed E-state index contributed by atoms with van der Waals surface area (Å²) in [4.78, 5) is 0. The van der Waals surface area contributed by atoms with Crippen LogP contribution in [0.1, 0.15) is 13.3 Å². The van der Waals surface area contributed by atoms with Crippen LogP contribution in [0.25, 0.3) is 0 Å².